The number of thiophene rings is 1. The van der Waals surface area contributed by atoms with Crippen LogP contribution < -0.4 is 5.48 Å². The zero-order chi connectivity index (χ0) is 19.7. The molecule has 0 radical (unpaired) electrons. The minimum absolute atomic E-state index is 0.0400. The molecule has 0 aliphatic carbocycles. The molecular formula is C20H21N5OS2. The summed E-state index contributed by atoms with van der Waals surface area (Å²) in [6.07, 6.45) is 1.77. The Morgan fingerprint density at radius 1 is 1.18 bits per heavy atom. The molecule has 4 heterocycles. The highest BCUT2D eigenvalue weighted by molar-refractivity contribution is 7.99. The van der Waals surface area contributed by atoms with Crippen molar-refractivity contribution in [3.8, 4) is 0 Å². The van der Waals surface area contributed by atoms with Gasteiger partial charge in [0.05, 0.1) is 11.3 Å². The van der Waals surface area contributed by atoms with Crippen molar-refractivity contribution >= 4 is 28.9 Å². The normalized spacial score (nSPS) is 16.6. The summed E-state index contributed by atoms with van der Waals surface area (Å²) in [5.74, 6) is 0.688. The summed E-state index contributed by atoms with van der Waals surface area (Å²) in [6, 6.07) is 7.97. The molecule has 0 unspecified atom stereocenters. The topological polar surface area (TPSA) is 72.3 Å². The van der Waals surface area contributed by atoms with Gasteiger partial charge in [-0.3, -0.25) is 9.83 Å². The van der Waals surface area contributed by atoms with Gasteiger partial charge in [0.1, 0.15) is 22.7 Å². The van der Waals surface area contributed by atoms with Crippen molar-refractivity contribution in [2.75, 3.05) is 6.61 Å². The van der Waals surface area contributed by atoms with Gasteiger partial charge in [-0.25, -0.2) is 10.5 Å². The van der Waals surface area contributed by atoms with Gasteiger partial charge in [0.2, 0.25) is 0 Å². The number of aryl methyl sites for hydroxylation is 3. The fraction of sp³-hybridized carbons (Fsp3) is 0.300. The first-order valence-electron chi connectivity index (χ1n) is 8.98. The molecule has 6 nitrogen and oxygen atoms in total. The Hall–Kier alpha value is -2.29. The van der Waals surface area contributed by atoms with Crippen LogP contribution in [0.15, 0.2) is 45.5 Å². The van der Waals surface area contributed by atoms with Crippen molar-refractivity contribution in [2.24, 2.45) is 4.99 Å². The van der Waals surface area contributed by atoms with E-state index in [2.05, 4.69) is 40.6 Å². The highest BCUT2D eigenvalue weighted by Crippen LogP contribution is 2.33. The molecule has 8 heteroatoms. The monoisotopic (exact) mass is 411 g/mol. The number of hydrogen-bond donors (Lipinski definition) is 1. The predicted molar refractivity (Wildman–Crippen MR) is 112 cm³/mol. The van der Waals surface area contributed by atoms with E-state index in [1.165, 1.54) is 27.1 Å². The van der Waals surface area contributed by atoms with Crippen LogP contribution in [0.25, 0.3) is 0 Å². The molecule has 0 amide bonds. The molecular weight excluding hydrogens is 390 g/mol. The number of aromatic nitrogens is 3. The number of aliphatic imine (C=N–C) groups is 1. The number of hydrogen-bond acceptors (Lipinski definition) is 8. The maximum absolute atomic E-state index is 5.72. The zero-order valence-electron chi connectivity index (χ0n) is 16.2. The van der Waals surface area contributed by atoms with Gasteiger partial charge < -0.3 is 0 Å². The fourth-order valence-electron chi connectivity index (χ4n) is 3.11. The lowest BCUT2D eigenvalue weighted by Gasteiger charge is -2.24. The van der Waals surface area contributed by atoms with Crippen molar-refractivity contribution in [3.05, 3.63) is 62.6 Å². The molecule has 0 bridgehead atoms. The molecule has 1 N–H and O–H groups in total. The molecule has 0 fully saturated rings. The van der Waals surface area contributed by atoms with Crippen LogP contribution in [0.5, 0.6) is 0 Å². The van der Waals surface area contributed by atoms with Crippen LogP contribution in [0, 0.1) is 27.7 Å². The first-order chi connectivity index (χ1) is 13.5. The van der Waals surface area contributed by atoms with E-state index in [0.29, 0.717) is 12.4 Å². The van der Waals surface area contributed by atoms with Gasteiger partial charge in [-0.15, -0.1) is 16.4 Å². The molecule has 3 aromatic heterocycles. The lowest BCUT2D eigenvalue weighted by molar-refractivity contribution is 0.0620. The molecule has 3 aromatic rings. The maximum Gasteiger partial charge on any atom is 0.156 e. The van der Waals surface area contributed by atoms with Crippen LogP contribution in [0.2, 0.25) is 0 Å². The molecule has 28 heavy (non-hydrogen) atoms. The van der Waals surface area contributed by atoms with Gasteiger partial charge in [-0.2, -0.15) is 5.10 Å². The number of hydroxylamine groups is 1. The van der Waals surface area contributed by atoms with Crippen LogP contribution >= 0.6 is 23.1 Å². The van der Waals surface area contributed by atoms with E-state index in [4.69, 9.17) is 9.83 Å². The van der Waals surface area contributed by atoms with Crippen molar-refractivity contribution in [2.45, 2.75) is 43.8 Å². The summed E-state index contributed by atoms with van der Waals surface area (Å²) < 4.78 is 0. The van der Waals surface area contributed by atoms with Crippen molar-refractivity contribution in [1.29, 1.82) is 0 Å². The smallest absolute Gasteiger partial charge is 0.156 e. The summed E-state index contributed by atoms with van der Waals surface area (Å²) >= 11 is 3.27. The highest BCUT2D eigenvalue weighted by Gasteiger charge is 2.25. The maximum atomic E-state index is 5.72. The molecule has 0 aromatic carbocycles. The van der Waals surface area contributed by atoms with Crippen molar-refractivity contribution < 1.29 is 4.84 Å². The second kappa shape index (κ2) is 7.98. The lowest BCUT2D eigenvalue weighted by atomic mass is 10.1. The Morgan fingerprint density at radius 2 is 2.04 bits per heavy atom. The van der Waals surface area contributed by atoms with Gasteiger partial charge in [0.15, 0.2) is 5.84 Å². The number of amidine groups is 1. The van der Waals surface area contributed by atoms with E-state index in [1.807, 2.05) is 32.0 Å². The van der Waals surface area contributed by atoms with Crippen LogP contribution in [0.3, 0.4) is 0 Å². The van der Waals surface area contributed by atoms with E-state index in [0.717, 1.165) is 26.9 Å². The van der Waals surface area contributed by atoms with E-state index in [-0.39, 0.29) is 6.04 Å². The number of nitrogens with zero attached hydrogens (tertiary/aromatic N) is 4. The average molecular weight is 412 g/mol. The van der Waals surface area contributed by atoms with Crippen LogP contribution in [-0.2, 0) is 4.84 Å². The first kappa shape index (κ1) is 19.0. The van der Waals surface area contributed by atoms with Gasteiger partial charge in [0.25, 0.3) is 0 Å². The molecule has 144 valence electrons. The summed E-state index contributed by atoms with van der Waals surface area (Å²) in [5, 5.41) is 10.4. The zero-order valence-corrected chi connectivity index (χ0v) is 17.8. The lowest BCUT2D eigenvalue weighted by Crippen LogP contribution is -2.34. The first-order valence-corrected chi connectivity index (χ1v) is 10.6. The number of nitrogens with one attached hydrogen (secondary N) is 1. The Morgan fingerprint density at radius 3 is 2.75 bits per heavy atom. The van der Waals surface area contributed by atoms with E-state index in [1.54, 1.807) is 17.5 Å². The van der Waals surface area contributed by atoms with Gasteiger partial charge >= 0.3 is 0 Å². The Bertz CT molecular complexity index is 1030. The summed E-state index contributed by atoms with van der Waals surface area (Å²) in [4.78, 5) is 17.7. The minimum Gasteiger partial charge on any atom is -0.272 e. The van der Waals surface area contributed by atoms with E-state index >= 15 is 0 Å². The quantitative estimate of drug-likeness (QED) is 0.688. The molecule has 1 aliphatic rings. The minimum atomic E-state index is -0.0400. The predicted octanol–water partition coefficient (Wildman–Crippen LogP) is 4.34. The SMILES string of the molecule is Cc1cc([C@H]2CONC(c3c(Sc4ccccn4)nnc(C)c3C)=N2)c(C)s1. The third-order valence-electron chi connectivity index (χ3n) is 4.63. The Balaban J connectivity index is 1.76. The van der Waals surface area contributed by atoms with Crippen LogP contribution in [0.4, 0.5) is 0 Å². The van der Waals surface area contributed by atoms with E-state index < -0.39 is 0 Å². The van der Waals surface area contributed by atoms with Crippen molar-refractivity contribution in [3.63, 3.8) is 0 Å². The molecule has 1 atom stereocenters. The third-order valence-corrected chi connectivity index (χ3v) is 6.54. The van der Waals surface area contributed by atoms with Crippen LogP contribution in [0.1, 0.15) is 38.2 Å². The molecule has 0 saturated heterocycles. The molecule has 1 aliphatic heterocycles. The Labute approximate surface area is 172 Å². The van der Waals surface area contributed by atoms with Gasteiger partial charge in [-0.1, -0.05) is 6.07 Å². The fourth-order valence-corrected chi connectivity index (χ4v) is 4.98. The highest BCUT2D eigenvalue weighted by atomic mass is 32.2. The van der Waals surface area contributed by atoms with Crippen LogP contribution in [-0.4, -0.2) is 27.6 Å². The number of rotatable bonds is 4. The third kappa shape index (κ3) is 3.80. The Kier molecular flexibility index (Phi) is 5.43. The summed E-state index contributed by atoms with van der Waals surface area (Å²) in [6.45, 7) is 8.75. The molecule has 4 rings (SSSR count). The van der Waals surface area contributed by atoms with Gasteiger partial charge in [-0.05, 0) is 68.8 Å². The largest absolute Gasteiger partial charge is 0.272 e. The molecule has 0 saturated carbocycles. The average Bonchev–Trinajstić information content (AvgIpc) is 3.04. The second-order valence-electron chi connectivity index (χ2n) is 6.64. The van der Waals surface area contributed by atoms with Gasteiger partial charge in [0, 0.05) is 16.0 Å². The summed E-state index contributed by atoms with van der Waals surface area (Å²) in [7, 11) is 0. The molecule has 0 spiro atoms. The standard InChI is InChI=1S/C20H21N5OS2/c1-11-9-15(14(4)27-11)16-10-26-25-19(22-16)18-12(2)13(3)23-24-20(18)28-17-7-5-6-8-21-17/h5-9,16H,10H2,1-4H3,(H,22,25)/t16-/m1/s1. The number of pyridine rings is 1. The second-order valence-corrected chi connectivity index (χ2v) is 9.11. The van der Waals surface area contributed by atoms with E-state index in [9.17, 15) is 0 Å². The van der Waals surface area contributed by atoms with Crippen molar-refractivity contribution in [1.82, 2.24) is 20.7 Å². The summed E-state index contributed by atoms with van der Waals surface area (Å²) in [5.41, 5.74) is 7.04.